The van der Waals surface area contributed by atoms with Gasteiger partial charge in [-0.25, -0.2) is 4.98 Å². The van der Waals surface area contributed by atoms with Gasteiger partial charge in [0.05, 0.1) is 22.3 Å². The minimum atomic E-state index is 0.667. The summed E-state index contributed by atoms with van der Waals surface area (Å²) >= 11 is 5.33. The number of nitrogens with zero attached hydrogens (tertiary/aromatic N) is 1. The maximum absolute atomic E-state index is 5.91. The molecule has 0 aliphatic heterocycles. The maximum atomic E-state index is 5.91. The first-order valence-corrected chi connectivity index (χ1v) is 8.12. The Balaban J connectivity index is 1.75. The summed E-state index contributed by atoms with van der Waals surface area (Å²) in [4.78, 5) is 5.55. The van der Waals surface area contributed by atoms with E-state index in [1.165, 1.54) is 15.6 Å². The van der Waals surface area contributed by atoms with Gasteiger partial charge in [0.15, 0.2) is 0 Å². The van der Waals surface area contributed by atoms with Crippen molar-refractivity contribution >= 4 is 38.0 Å². The molecule has 0 amide bonds. The van der Waals surface area contributed by atoms with Gasteiger partial charge in [0.1, 0.15) is 5.75 Å². The van der Waals surface area contributed by atoms with E-state index < -0.39 is 0 Å². The standard InChI is InChI=1S/C16H14BrNOS/c1-11-15(20-10-18-11)8-9-19-14-7-6-12-4-2-3-5-13(12)16(14)17/h2-7,10H,8-9H2,1H3. The smallest absolute Gasteiger partial charge is 0.134 e. The van der Waals surface area contributed by atoms with Crippen LogP contribution in [0.4, 0.5) is 0 Å². The molecule has 0 atom stereocenters. The highest BCUT2D eigenvalue weighted by atomic mass is 79.9. The average Bonchev–Trinajstić information content (AvgIpc) is 2.87. The fraction of sp³-hybridized carbons (Fsp3) is 0.188. The van der Waals surface area contributed by atoms with Crippen molar-refractivity contribution in [2.45, 2.75) is 13.3 Å². The van der Waals surface area contributed by atoms with Crippen molar-refractivity contribution < 1.29 is 4.74 Å². The van der Waals surface area contributed by atoms with E-state index in [1.54, 1.807) is 11.3 Å². The zero-order chi connectivity index (χ0) is 13.9. The largest absolute Gasteiger partial charge is 0.492 e. The zero-order valence-electron chi connectivity index (χ0n) is 11.1. The molecule has 0 fully saturated rings. The Kier molecular flexibility index (Phi) is 4.03. The van der Waals surface area contributed by atoms with Crippen LogP contribution in [0.5, 0.6) is 5.75 Å². The van der Waals surface area contributed by atoms with Crippen LogP contribution in [0, 0.1) is 6.92 Å². The van der Waals surface area contributed by atoms with E-state index in [1.807, 2.05) is 30.6 Å². The van der Waals surface area contributed by atoms with Crippen LogP contribution in [0.2, 0.25) is 0 Å². The van der Waals surface area contributed by atoms with Crippen molar-refractivity contribution in [3.8, 4) is 5.75 Å². The molecule has 0 saturated carbocycles. The van der Waals surface area contributed by atoms with Gasteiger partial charge in [-0.1, -0.05) is 30.3 Å². The van der Waals surface area contributed by atoms with Crippen molar-refractivity contribution in [2.75, 3.05) is 6.61 Å². The molecule has 102 valence electrons. The number of halogens is 1. The molecule has 0 aliphatic rings. The fourth-order valence-electron chi connectivity index (χ4n) is 2.14. The lowest BCUT2D eigenvalue weighted by Crippen LogP contribution is -2.01. The molecule has 3 aromatic rings. The Labute approximate surface area is 130 Å². The average molecular weight is 348 g/mol. The van der Waals surface area contributed by atoms with Crippen LogP contribution in [-0.2, 0) is 6.42 Å². The van der Waals surface area contributed by atoms with Gasteiger partial charge >= 0.3 is 0 Å². The number of hydrogen-bond acceptors (Lipinski definition) is 3. The number of hydrogen-bond donors (Lipinski definition) is 0. The van der Waals surface area contributed by atoms with Crippen LogP contribution < -0.4 is 4.74 Å². The highest BCUT2D eigenvalue weighted by Gasteiger charge is 2.07. The van der Waals surface area contributed by atoms with Gasteiger partial charge in [0.25, 0.3) is 0 Å². The van der Waals surface area contributed by atoms with Crippen LogP contribution in [0.15, 0.2) is 46.4 Å². The SMILES string of the molecule is Cc1ncsc1CCOc1ccc2ccccc2c1Br. The summed E-state index contributed by atoms with van der Waals surface area (Å²) in [5, 5.41) is 2.39. The van der Waals surface area contributed by atoms with Gasteiger partial charge in [0, 0.05) is 11.3 Å². The fourth-order valence-corrected chi connectivity index (χ4v) is 3.52. The van der Waals surface area contributed by atoms with Crippen LogP contribution >= 0.6 is 27.3 Å². The van der Waals surface area contributed by atoms with Crippen LogP contribution in [-0.4, -0.2) is 11.6 Å². The molecule has 1 aromatic heterocycles. The van der Waals surface area contributed by atoms with E-state index in [9.17, 15) is 0 Å². The lowest BCUT2D eigenvalue weighted by molar-refractivity contribution is 0.321. The van der Waals surface area contributed by atoms with Crippen molar-refractivity contribution in [3.63, 3.8) is 0 Å². The highest BCUT2D eigenvalue weighted by molar-refractivity contribution is 9.10. The molecule has 20 heavy (non-hydrogen) atoms. The predicted molar refractivity (Wildman–Crippen MR) is 87.7 cm³/mol. The van der Waals surface area contributed by atoms with Crippen LogP contribution in [0.3, 0.4) is 0 Å². The number of rotatable bonds is 4. The molecule has 0 bridgehead atoms. The number of benzene rings is 2. The molecule has 2 aromatic carbocycles. The number of aryl methyl sites for hydroxylation is 1. The summed E-state index contributed by atoms with van der Waals surface area (Å²) in [6, 6.07) is 12.4. The number of aromatic nitrogens is 1. The summed E-state index contributed by atoms with van der Waals surface area (Å²) < 4.78 is 6.93. The summed E-state index contributed by atoms with van der Waals surface area (Å²) in [6.07, 6.45) is 0.899. The van der Waals surface area contributed by atoms with E-state index in [0.717, 1.165) is 22.3 Å². The quantitative estimate of drug-likeness (QED) is 0.663. The summed E-state index contributed by atoms with van der Waals surface area (Å²) in [5.41, 5.74) is 2.99. The Morgan fingerprint density at radius 2 is 2.05 bits per heavy atom. The second-order valence-electron chi connectivity index (χ2n) is 4.56. The lowest BCUT2D eigenvalue weighted by atomic mass is 10.1. The molecule has 0 unspecified atom stereocenters. The third kappa shape index (κ3) is 2.72. The molecular weight excluding hydrogens is 334 g/mol. The topological polar surface area (TPSA) is 22.1 Å². The van der Waals surface area contributed by atoms with E-state index >= 15 is 0 Å². The zero-order valence-corrected chi connectivity index (χ0v) is 13.5. The Morgan fingerprint density at radius 3 is 2.85 bits per heavy atom. The number of thiazole rings is 1. The first kappa shape index (κ1) is 13.6. The second kappa shape index (κ2) is 5.94. The minimum Gasteiger partial charge on any atom is -0.492 e. The second-order valence-corrected chi connectivity index (χ2v) is 6.29. The molecule has 4 heteroatoms. The molecule has 0 radical (unpaired) electrons. The van der Waals surface area contributed by atoms with Gasteiger partial charge in [-0.3, -0.25) is 0 Å². The Bertz CT molecular complexity index is 738. The Hall–Kier alpha value is -1.39. The molecule has 1 heterocycles. The Morgan fingerprint density at radius 1 is 1.20 bits per heavy atom. The van der Waals surface area contributed by atoms with Gasteiger partial charge in [-0.05, 0) is 39.7 Å². The van der Waals surface area contributed by atoms with Crippen LogP contribution in [0.25, 0.3) is 10.8 Å². The van der Waals surface area contributed by atoms with Crippen molar-refractivity contribution in [2.24, 2.45) is 0 Å². The van der Waals surface area contributed by atoms with Crippen LogP contribution in [0.1, 0.15) is 10.6 Å². The lowest BCUT2D eigenvalue weighted by Gasteiger charge is -2.10. The third-order valence-electron chi connectivity index (χ3n) is 3.26. The van der Waals surface area contributed by atoms with Gasteiger partial charge in [-0.15, -0.1) is 11.3 Å². The molecule has 0 aliphatic carbocycles. The van der Waals surface area contributed by atoms with E-state index in [-0.39, 0.29) is 0 Å². The summed E-state index contributed by atoms with van der Waals surface area (Å²) in [7, 11) is 0. The summed E-state index contributed by atoms with van der Waals surface area (Å²) in [6.45, 7) is 2.71. The molecule has 0 N–H and O–H groups in total. The van der Waals surface area contributed by atoms with Crippen molar-refractivity contribution in [3.05, 3.63) is 57.0 Å². The summed E-state index contributed by atoms with van der Waals surface area (Å²) in [5.74, 6) is 0.894. The molecular formula is C16H14BrNOS. The highest BCUT2D eigenvalue weighted by Crippen LogP contribution is 2.33. The van der Waals surface area contributed by atoms with Crippen molar-refractivity contribution in [1.29, 1.82) is 0 Å². The third-order valence-corrected chi connectivity index (χ3v) is 5.07. The number of ether oxygens (including phenoxy) is 1. The van der Waals surface area contributed by atoms with Gasteiger partial charge in [-0.2, -0.15) is 0 Å². The normalized spacial score (nSPS) is 10.9. The van der Waals surface area contributed by atoms with E-state index in [4.69, 9.17) is 4.74 Å². The van der Waals surface area contributed by atoms with Gasteiger partial charge < -0.3 is 4.74 Å². The minimum absolute atomic E-state index is 0.667. The predicted octanol–water partition coefficient (Wildman–Crippen LogP) is 4.99. The van der Waals surface area contributed by atoms with E-state index in [2.05, 4.69) is 39.1 Å². The van der Waals surface area contributed by atoms with Crippen molar-refractivity contribution in [1.82, 2.24) is 4.98 Å². The molecule has 0 saturated heterocycles. The maximum Gasteiger partial charge on any atom is 0.134 e. The van der Waals surface area contributed by atoms with E-state index in [0.29, 0.717) is 6.61 Å². The monoisotopic (exact) mass is 347 g/mol. The molecule has 0 spiro atoms. The number of fused-ring (bicyclic) bond motifs is 1. The molecule has 3 rings (SSSR count). The first-order valence-electron chi connectivity index (χ1n) is 6.45. The molecule has 2 nitrogen and oxygen atoms in total. The van der Waals surface area contributed by atoms with Gasteiger partial charge in [0.2, 0.25) is 0 Å². The first-order chi connectivity index (χ1) is 9.75.